The van der Waals surface area contributed by atoms with E-state index in [0.717, 1.165) is 12.4 Å². The van der Waals surface area contributed by atoms with Gasteiger partial charge in [0.2, 0.25) is 5.95 Å². The topological polar surface area (TPSA) is 66.3 Å². The standard InChI is InChI=1S/C12H14F3N3O2/c13-12(14,15)9-6-16-11(17-7-9)18-3-1-8(2-4-18)5-10(19)20/h6-8H,1-5H2,(H,19,20). The quantitative estimate of drug-likeness (QED) is 0.924. The van der Waals surface area contributed by atoms with Crippen LogP contribution in [0.5, 0.6) is 0 Å². The Morgan fingerprint density at radius 1 is 1.30 bits per heavy atom. The number of halogens is 3. The summed E-state index contributed by atoms with van der Waals surface area (Å²) in [7, 11) is 0. The minimum Gasteiger partial charge on any atom is -0.481 e. The number of carbonyl (C=O) groups is 1. The van der Waals surface area contributed by atoms with Gasteiger partial charge in [-0.2, -0.15) is 13.2 Å². The van der Waals surface area contributed by atoms with Crippen LogP contribution in [0, 0.1) is 5.92 Å². The summed E-state index contributed by atoms with van der Waals surface area (Å²) in [4.78, 5) is 19.8. The number of piperidine rings is 1. The summed E-state index contributed by atoms with van der Waals surface area (Å²) in [5, 5.41) is 8.71. The smallest absolute Gasteiger partial charge is 0.419 e. The number of carboxylic acid groups (broad SMARTS) is 1. The molecular formula is C12H14F3N3O2. The average molecular weight is 289 g/mol. The van der Waals surface area contributed by atoms with Crippen molar-refractivity contribution in [2.75, 3.05) is 18.0 Å². The maximum atomic E-state index is 12.4. The van der Waals surface area contributed by atoms with E-state index in [0.29, 0.717) is 25.9 Å². The van der Waals surface area contributed by atoms with Crippen LogP contribution in [0.3, 0.4) is 0 Å². The number of aliphatic carboxylic acids is 1. The van der Waals surface area contributed by atoms with Crippen molar-refractivity contribution >= 4 is 11.9 Å². The monoisotopic (exact) mass is 289 g/mol. The lowest BCUT2D eigenvalue weighted by Gasteiger charge is -2.31. The molecule has 0 aromatic carbocycles. The molecule has 0 aliphatic carbocycles. The molecule has 1 aromatic rings. The number of hydrogen-bond acceptors (Lipinski definition) is 4. The molecule has 1 fully saturated rings. The van der Waals surface area contributed by atoms with E-state index in [-0.39, 0.29) is 18.3 Å². The second kappa shape index (κ2) is 5.64. The molecule has 2 heterocycles. The average Bonchev–Trinajstić information content (AvgIpc) is 2.38. The van der Waals surface area contributed by atoms with Crippen molar-refractivity contribution in [2.45, 2.75) is 25.4 Å². The van der Waals surface area contributed by atoms with Gasteiger partial charge in [0.05, 0.1) is 5.56 Å². The van der Waals surface area contributed by atoms with Crippen LogP contribution in [0.1, 0.15) is 24.8 Å². The van der Waals surface area contributed by atoms with Gasteiger partial charge in [-0.25, -0.2) is 9.97 Å². The summed E-state index contributed by atoms with van der Waals surface area (Å²) < 4.78 is 37.2. The molecule has 1 saturated heterocycles. The number of carboxylic acids is 1. The van der Waals surface area contributed by atoms with Crippen LogP contribution in [0.4, 0.5) is 19.1 Å². The lowest BCUT2D eigenvalue weighted by atomic mass is 9.94. The predicted molar refractivity (Wildman–Crippen MR) is 64.2 cm³/mol. The van der Waals surface area contributed by atoms with Crippen LogP contribution >= 0.6 is 0 Å². The number of aromatic nitrogens is 2. The largest absolute Gasteiger partial charge is 0.481 e. The summed E-state index contributed by atoms with van der Waals surface area (Å²) in [5.74, 6) is -0.459. The maximum absolute atomic E-state index is 12.4. The zero-order valence-electron chi connectivity index (χ0n) is 10.6. The summed E-state index contributed by atoms with van der Waals surface area (Å²) in [6.07, 6.45) is -1.42. The molecule has 5 nitrogen and oxygen atoms in total. The maximum Gasteiger partial charge on any atom is 0.419 e. The van der Waals surface area contributed by atoms with Gasteiger partial charge in [-0.1, -0.05) is 0 Å². The molecular weight excluding hydrogens is 275 g/mol. The van der Waals surface area contributed by atoms with Crippen LogP contribution in [0.2, 0.25) is 0 Å². The normalized spacial score (nSPS) is 17.2. The molecule has 0 atom stereocenters. The van der Waals surface area contributed by atoms with E-state index in [1.807, 2.05) is 0 Å². The van der Waals surface area contributed by atoms with Gasteiger partial charge in [-0.3, -0.25) is 4.79 Å². The third-order valence-corrected chi connectivity index (χ3v) is 3.33. The number of alkyl halides is 3. The van der Waals surface area contributed by atoms with Crippen LogP contribution < -0.4 is 4.90 Å². The molecule has 1 aromatic heterocycles. The van der Waals surface area contributed by atoms with E-state index in [9.17, 15) is 18.0 Å². The van der Waals surface area contributed by atoms with Gasteiger partial charge in [0.15, 0.2) is 0 Å². The first-order valence-corrected chi connectivity index (χ1v) is 6.22. The molecule has 0 unspecified atom stereocenters. The van der Waals surface area contributed by atoms with Crippen molar-refractivity contribution in [1.82, 2.24) is 9.97 Å². The SMILES string of the molecule is O=C(O)CC1CCN(c2ncc(C(F)(F)F)cn2)CC1. The van der Waals surface area contributed by atoms with Crippen molar-refractivity contribution in [1.29, 1.82) is 0 Å². The van der Waals surface area contributed by atoms with E-state index >= 15 is 0 Å². The van der Waals surface area contributed by atoms with Gasteiger partial charge in [0.25, 0.3) is 0 Å². The van der Waals surface area contributed by atoms with Gasteiger partial charge in [0.1, 0.15) is 0 Å². The Morgan fingerprint density at radius 3 is 2.30 bits per heavy atom. The fourth-order valence-corrected chi connectivity index (χ4v) is 2.21. The van der Waals surface area contributed by atoms with Crippen LogP contribution in [0.15, 0.2) is 12.4 Å². The van der Waals surface area contributed by atoms with E-state index in [1.54, 1.807) is 4.90 Å². The zero-order valence-corrected chi connectivity index (χ0v) is 10.6. The van der Waals surface area contributed by atoms with Crippen LogP contribution in [0.25, 0.3) is 0 Å². The van der Waals surface area contributed by atoms with Crippen LogP contribution in [-0.4, -0.2) is 34.1 Å². The molecule has 1 aliphatic heterocycles. The highest BCUT2D eigenvalue weighted by atomic mass is 19.4. The van der Waals surface area contributed by atoms with Crippen molar-refractivity contribution < 1.29 is 23.1 Å². The Morgan fingerprint density at radius 2 is 1.85 bits per heavy atom. The molecule has 1 aliphatic rings. The number of rotatable bonds is 3. The number of nitrogens with zero attached hydrogens (tertiary/aromatic N) is 3. The van der Waals surface area contributed by atoms with Gasteiger partial charge in [-0.15, -0.1) is 0 Å². The van der Waals surface area contributed by atoms with Crippen LogP contribution in [-0.2, 0) is 11.0 Å². The molecule has 0 amide bonds. The molecule has 2 rings (SSSR count). The fourth-order valence-electron chi connectivity index (χ4n) is 2.21. The lowest BCUT2D eigenvalue weighted by molar-refractivity contribution is -0.139. The van der Waals surface area contributed by atoms with Gasteiger partial charge in [0, 0.05) is 31.9 Å². The van der Waals surface area contributed by atoms with E-state index in [4.69, 9.17) is 5.11 Å². The first-order valence-electron chi connectivity index (χ1n) is 6.22. The predicted octanol–water partition coefficient (Wildman–Crippen LogP) is 2.19. The van der Waals surface area contributed by atoms with Crippen molar-refractivity contribution in [3.05, 3.63) is 18.0 Å². The van der Waals surface area contributed by atoms with E-state index < -0.39 is 17.7 Å². The molecule has 0 saturated carbocycles. The third kappa shape index (κ3) is 3.58. The summed E-state index contributed by atoms with van der Waals surface area (Å²) in [6.45, 7) is 1.12. The number of anilines is 1. The molecule has 20 heavy (non-hydrogen) atoms. The second-order valence-electron chi connectivity index (χ2n) is 4.80. The summed E-state index contributed by atoms with van der Waals surface area (Å²) in [6, 6.07) is 0. The fraction of sp³-hybridized carbons (Fsp3) is 0.583. The van der Waals surface area contributed by atoms with E-state index in [1.165, 1.54) is 0 Å². The summed E-state index contributed by atoms with van der Waals surface area (Å²) >= 11 is 0. The lowest BCUT2D eigenvalue weighted by Crippen LogP contribution is -2.35. The Hall–Kier alpha value is -1.86. The second-order valence-corrected chi connectivity index (χ2v) is 4.80. The first kappa shape index (κ1) is 14.5. The third-order valence-electron chi connectivity index (χ3n) is 3.33. The number of hydrogen-bond donors (Lipinski definition) is 1. The highest BCUT2D eigenvalue weighted by Gasteiger charge is 2.32. The Kier molecular flexibility index (Phi) is 4.10. The minimum absolute atomic E-state index is 0.109. The summed E-state index contributed by atoms with van der Waals surface area (Å²) in [5.41, 5.74) is -0.873. The molecule has 110 valence electrons. The van der Waals surface area contributed by atoms with Crippen molar-refractivity contribution in [3.63, 3.8) is 0 Å². The van der Waals surface area contributed by atoms with Gasteiger partial charge in [-0.05, 0) is 18.8 Å². The highest BCUT2D eigenvalue weighted by Crippen LogP contribution is 2.29. The van der Waals surface area contributed by atoms with Crippen molar-refractivity contribution in [2.24, 2.45) is 5.92 Å². The zero-order chi connectivity index (χ0) is 14.8. The van der Waals surface area contributed by atoms with Crippen molar-refractivity contribution in [3.8, 4) is 0 Å². The van der Waals surface area contributed by atoms with E-state index in [2.05, 4.69) is 9.97 Å². The van der Waals surface area contributed by atoms with Gasteiger partial charge >= 0.3 is 12.1 Å². The molecule has 0 bridgehead atoms. The molecule has 0 radical (unpaired) electrons. The minimum atomic E-state index is -4.44. The first-order chi connectivity index (χ1) is 9.36. The Balaban J connectivity index is 1.95. The highest BCUT2D eigenvalue weighted by molar-refractivity contribution is 5.67. The molecule has 8 heteroatoms. The van der Waals surface area contributed by atoms with Gasteiger partial charge < -0.3 is 10.0 Å². The molecule has 0 spiro atoms. The Labute approximate surface area is 113 Å². The Bertz CT molecular complexity index is 468. The molecule has 1 N–H and O–H groups in total.